The predicted molar refractivity (Wildman–Crippen MR) is 218 cm³/mol. The molecule has 2 N–H and O–H groups in total. The summed E-state index contributed by atoms with van der Waals surface area (Å²) in [7, 11) is 1.92. The molecule has 2 amide bonds. The Morgan fingerprint density at radius 3 is 2.26 bits per heavy atom. The number of nitrogens with one attached hydrogen (secondary N) is 2. The Morgan fingerprint density at radius 2 is 1.56 bits per heavy atom. The van der Waals surface area contributed by atoms with Gasteiger partial charge in [0.25, 0.3) is 5.56 Å². The molecule has 9 rings (SSSR count). The van der Waals surface area contributed by atoms with Crippen molar-refractivity contribution in [2.24, 2.45) is 7.05 Å². The number of imide groups is 1. The summed E-state index contributed by atoms with van der Waals surface area (Å²) in [6.45, 7) is 9.06. The van der Waals surface area contributed by atoms with Crippen molar-refractivity contribution in [1.82, 2.24) is 39.5 Å². The number of rotatable bonds is 8. The molecule has 4 aromatic heterocycles. The number of fused-ring (bicyclic) bond motifs is 2. The van der Waals surface area contributed by atoms with Crippen LogP contribution in [-0.4, -0.2) is 97.1 Å². The van der Waals surface area contributed by atoms with Crippen LogP contribution in [0.15, 0.2) is 47.5 Å². The van der Waals surface area contributed by atoms with Gasteiger partial charge in [-0.2, -0.15) is 10.1 Å². The van der Waals surface area contributed by atoms with Crippen LogP contribution in [0.3, 0.4) is 0 Å². The van der Waals surface area contributed by atoms with Crippen LogP contribution in [0.25, 0.3) is 21.9 Å². The Hall–Kier alpha value is -5.70. The van der Waals surface area contributed by atoms with E-state index in [0.717, 1.165) is 111 Å². The number of piperazine rings is 1. The lowest BCUT2D eigenvalue weighted by molar-refractivity contribution is -0.134. The van der Waals surface area contributed by atoms with Gasteiger partial charge in [-0.3, -0.25) is 38.6 Å². The Balaban J connectivity index is 0.806. The molecule has 1 atom stereocenters. The summed E-state index contributed by atoms with van der Waals surface area (Å²) < 4.78 is 3.58. The van der Waals surface area contributed by atoms with E-state index in [4.69, 9.17) is 15.1 Å². The molecule has 1 aromatic carbocycles. The number of amides is 2. The molecular weight excluding hydrogens is 723 g/mol. The van der Waals surface area contributed by atoms with Gasteiger partial charge in [0.05, 0.1) is 34.6 Å². The lowest BCUT2D eigenvalue weighted by Crippen LogP contribution is -2.53. The minimum Gasteiger partial charge on any atom is -0.370 e. The van der Waals surface area contributed by atoms with Crippen LogP contribution < -0.4 is 26.0 Å². The van der Waals surface area contributed by atoms with Gasteiger partial charge in [-0.05, 0) is 81.8 Å². The van der Waals surface area contributed by atoms with Gasteiger partial charge in [0, 0.05) is 87.5 Å². The van der Waals surface area contributed by atoms with Crippen molar-refractivity contribution >= 4 is 62.7 Å². The van der Waals surface area contributed by atoms with Crippen molar-refractivity contribution in [2.75, 3.05) is 54.4 Å². The second-order valence-corrected chi connectivity index (χ2v) is 16.1. The van der Waals surface area contributed by atoms with Gasteiger partial charge < -0.3 is 15.1 Å². The van der Waals surface area contributed by atoms with E-state index in [9.17, 15) is 19.2 Å². The highest BCUT2D eigenvalue weighted by Gasteiger charge is 2.33. The predicted octanol–water partition coefficient (Wildman–Crippen LogP) is 4.75. The zero-order chi connectivity index (χ0) is 39.4. The highest BCUT2D eigenvalue weighted by atomic mass is 16.2. The third-order valence-electron chi connectivity index (χ3n) is 12.7. The summed E-state index contributed by atoms with van der Waals surface area (Å²) >= 11 is 0. The number of anilines is 4. The second-order valence-electron chi connectivity index (χ2n) is 16.1. The van der Waals surface area contributed by atoms with E-state index in [1.54, 1.807) is 17.7 Å². The number of carbonyl (C=O) groups is 3. The first-order valence-corrected chi connectivity index (χ1v) is 20.3. The van der Waals surface area contributed by atoms with Crippen LogP contribution in [0.5, 0.6) is 0 Å². The third kappa shape index (κ3) is 6.91. The number of hydrogen-bond acceptors (Lipinski definition) is 12. The number of aromatic nitrogens is 6. The highest BCUT2D eigenvalue weighted by Crippen LogP contribution is 2.34. The van der Waals surface area contributed by atoms with Crippen LogP contribution in [0.4, 0.5) is 23.1 Å². The van der Waals surface area contributed by atoms with E-state index >= 15 is 0 Å². The number of carbonyl (C=O) groups excluding carboxylic acids is 3. The van der Waals surface area contributed by atoms with E-state index in [0.29, 0.717) is 41.9 Å². The molecule has 1 unspecified atom stereocenters. The average molecular weight is 772 g/mol. The molecule has 0 radical (unpaired) electrons. The number of benzene rings is 1. The number of pyridine rings is 2. The quantitative estimate of drug-likeness (QED) is 0.165. The van der Waals surface area contributed by atoms with Gasteiger partial charge in [-0.15, -0.1) is 0 Å². The smallest absolute Gasteiger partial charge is 0.263 e. The van der Waals surface area contributed by atoms with E-state index in [1.807, 2.05) is 24.0 Å². The summed E-state index contributed by atoms with van der Waals surface area (Å²) in [5.74, 6) is -0.134. The summed E-state index contributed by atoms with van der Waals surface area (Å²) in [6, 6.07) is 11.0. The normalized spacial score (nSPS) is 20.2. The average Bonchev–Trinajstić information content (AvgIpc) is 3.86. The fourth-order valence-electron chi connectivity index (χ4n) is 9.59. The van der Waals surface area contributed by atoms with Crippen molar-refractivity contribution in [3.63, 3.8) is 0 Å². The fourth-order valence-corrected chi connectivity index (χ4v) is 9.59. The van der Waals surface area contributed by atoms with Gasteiger partial charge in [-0.25, -0.2) is 9.97 Å². The van der Waals surface area contributed by atoms with Crippen molar-refractivity contribution in [3.8, 4) is 0 Å². The summed E-state index contributed by atoms with van der Waals surface area (Å²) in [5, 5.41) is 12.1. The number of aryl methyl sites for hydroxylation is 2. The second kappa shape index (κ2) is 15.0. The molecule has 3 saturated heterocycles. The van der Waals surface area contributed by atoms with Crippen molar-refractivity contribution in [3.05, 3.63) is 69.9 Å². The maximum absolute atomic E-state index is 13.6. The zero-order valence-electron chi connectivity index (χ0n) is 32.8. The van der Waals surface area contributed by atoms with Crippen LogP contribution >= 0.6 is 0 Å². The van der Waals surface area contributed by atoms with Gasteiger partial charge in [0.1, 0.15) is 11.5 Å². The minimum atomic E-state index is -0.407. The van der Waals surface area contributed by atoms with Crippen LogP contribution in [0.2, 0.25) is 0 Å². The lowest BCUT2D eigenvalue weighted by atomic mass is 9.93. The van der Waals surface area contributed by atoms with Gasteiger partial charge in [0.15, 0.2) is 5.78 Å². The molecule has 296 valence electrons. The number of piperidine rings is 2. The van der Waals surface area contributed by atoms with E-state index < -0.39 is 5.92 Å². The molecule has 3 aliphatic heterocycles. The molecule has 0 spiro atoms. The molecule has 15 heteroatoms. The Bertz CT molecular complexity index is 2440. The van der Waals surface area contributed by atoms with Gasteiger partial charge in [0.2, 0.25) is 17.8 Å². The maximum atomic E-state index is 13.6. The molecule has 1 saturated carbocycles. The largest absolute Gasteiger partial charge is 0.370 e. The van der Waals surface area contributed by atoms with Gasteiger partial charge in [-0.1, -0.05) is 12.8 Å². The molecule has 0 bridgehead atoms. The Kier molecular flexibility index (Phi) is 9.71. The van der Waals surface area contributed by atoms with Crippen LogP contribution in [0.1, 0.15) is 91.9 Å². The van der Waals surface area contributed by atoms with Crippen molar-refractivity contribution < 1.29 is 14.4 Å². The van der Waals surface area contributed by atoms with Crippen LogP contribution in [0, 0.1) is 6.92 Å². The summed E-state index contributed by atoms with van der Waals surface area (Å²) in [4.78, 5) is 71.9. The maximum Gasteiger partial charge on any atom is 0.263 e. The first-order chi connectivity index (χ1) is 27.6. The van der Waals surface area contributed by atoms with Crippen LogP contribution in [-0.2, 0) is 16.6 Å². The number of ketones is 1. The fraction of sp³-hybridized carbons (Fsp3) is 0.476. The van der Waals surface area contributed by atoms with Crippen molar-refractivity contribution in [2.45, 2.75) is 83.2 Å². The first kappa shape index (κ1) is 36.9. The molecular formula is C42H49N11O4. The van der Waals surface area contributed by atoms with Crippen molar-refractivity contribution in [1.29, 1.82) is 0 Å². The summed E-state index contributed by atoms with van der Waals surface area (Å²) in [6.07, 6.45) is 10.5. The first-order valence-electron chi connectivity index (χ1n) is 20.3. The molecule has 4 aliphatic rings. The topological polar surface area (TPSA) is 163 Å². The SMILES string of the molecule is CC(=O)c1c(C)c2cnc(Nc3ccc(N4CCC(N5CCN(c6ccc7c(C8CCC(=O)NC8=O)nn(C)c7c6)CC5)CC4)cn3)nc2n(C2CCCC2)c1=O. The molecule has 5 aromatic rings. The standard InChI is InChI=1S/C42H49N11O4/c1-25-33-24-44-42(47-39(33)53(28-6-4-5-7-28)41(57)37(25)26(2)54)45-35-12-9-30(23-43-35)50-16-14-27(15-17-50)51-18-20-52(21-19-51)29-8-10-31-34(22-29)49(3)48-38(31)32-11-13-36(55)46-40(32)56/h8-10,12,22-24,27-28,32H,4-7,11,13-21H2,1-3H3,(H,46,55,56)(H,43,44,45,47). The molecule has 1 aliphatic carbocycles. The number of Topliss-reactive ketones (excluding diaryl/α,β-unsaturated/α-hetero) is 1. The lowest BCUT2D eigenvalue weighted by Gasteiger charge is -2.43. The monoisotopic (exact) mass is 771 g/mol. The van der Waals surface area contributed by atoms with E-state index in [-0.39, 0.29) is 34.8 Å². The zero-order valence-corrected chi connectivity index (χ0v) is 32.8. The molecule has 7 heterocycles. The molecule has 57 heavy (non-hydrogen) atoms. The number of nitrogens with zero attached hydrogens (tertiary/aromatic N) is 9. The third-order valence-corrected chi connectivity index (χ3v) is 12.7. The molecule has 4 fully saturated rings. The number of hydrogen-bond donors (Lipinski definition) is 2. The molecule has 15 nitrogen and oxygen atoms in total. The minimum absolute atomic E-state index is 0.0196. The van der Waals surface area contributed by atoms with E-state index in [1.165, 1.54) is 6.92 Å². The van der Waals surface area contributed by atoms with E-state index in [2.05, 4.69) is 54.6 Å². The Labute approximate surface area is 330 Å². The summed E-state index contributed by atoms with van der Waals surface area (Å²) in [5.41, 5.74) is 5.13. The van der Waals surface area contributed by atoms with Gasteiger partial charge >= 0.3 is 0 Å². The Morgan fingerprint density at radius 1 is 0.825 bits per heavy atom. The highest BCUT2D eigenvalue weighted by molar-refractivity contribution is 6.03.